The van der Waals surface area contributed by atoms with Crippen LogP contribution in [0.4, 0.5) is 0 Å². The topological polar surface area (TPSA) is 29.5 Å². The Morgan fingerprint density at radius 1 is 1.25 bits per heavy atom. The maximum absolute atomic E-state index is 10.9. The van der Waals surface area contributed by atoms with Gasteiger partial charge in [0.2, 0.25) is 0 Å². The Morgan fingerprint density at radius 3 is 2.08 bits per heavy atom. The Kier molecular flexibility index (Phi) is 10.5. The number of carbonyl (C=O) groups excluding carboxylic acids is 1. The molecule has 0 saturated heterocycles. The quantitative estimate of drug-likeness (QED) is 0.620. The zero-order chi connectivity index (χ0) is 8.69. The van der Waals surface area contributed by atoms with Crippen LogP contribution in [0.3, 0.4) is 0 Å². The summed E-state index contributed by atoms with van der Waals surface area (Å²) in [5.74, 6) is -0.129. The molecule has 0 amide bonds. The van der Waals surface area contributed by atoms with E-state index in [1.165, 1.54) is 0 Å². The third-order valence-electron chi connectivity index (χ3n) is 1.55. The van der Waals surface area contributed by atoms with Gasteiger partial charge in [-0.3, -0.25) is 9.69 Å². The van der Waals surface area contributed by atoms with Crippen molar-refractivity contribution in [1.29, 1.82) is 0 Å². The Bertz CT molecular complexity index is 116. The van der Waals surface area contributed by atoms with Crippen LogP contribution >= 0.6 is 12.4 Å². The molecule has 0 fully saturated rings. The molecule has 0 aromatic carbocycles. The lowest BCUT2D eigenvalue weighted by Crippen LogP contribution is -2.30. The minimum absolute atomic E-state index is 0. The van der Waals surface area contributed by atoms with Crippen LogP contribution in [-0.2, 0) is 9.53 Å². The van der Waals surface area contributed by atoms with Crippen LogP contribution in [0.5, 0.6) is 0 Å². The smallest absolute Gasteiger partial charge is 0.320 e. The van der Waals surface area contributed by atoms with E-state index in [1.807, 2.05) is 25.7 Å². The number of hydrogen-bond donors (Lipinski definition) is 0. The maximum atomic E-state index is 10.9. The van der Waals surface area contributed by atoms with Crippen LogP contribution < -0.4 is 0 Å². The predicted molar refractivity (Wildman–Crippen MR) is 51.7 cm³/mol. The minimum Gasteiger partial charge on any atom is -0.465 e. The highest BCUT2D eigenvalue weighted by molar-refractivity contribution is 5.85. The monoisotopic (exact) mass is 195 g/mol. The SMILES string of the molecule is CCOC(=O)CN(CC)CC.Cl. The second-order valence-electron chi connectivity index (χ2n) is 2.27. The highest BCUT2D eigenvalue weighted by Gasteiger charge is 2.06. The molecule has 3 nitrogen and oxygen atoms in total. The van der Waals surface area contributed by atoms with Gasteiger partial charge in [-0.25, -0.2) is 0 Å². The molecule has 0 unspecified atom stereocenters. The summed E-state index contributed by atoms with van der Waals surface area (Å²) in [7, 11) is 0. The summed E-state index contributed by atoms with van der Waals surface area (Å²) < 4.78 is 4.80. The van der Waals surface area contributed by atoms with E-state index in [9.17, 15) is 4.79 Å². The number of hydrogen-bond acceptors (Lipinski definition) is 3. The van der Waals surface area contributed by atoms with Crippen LogP contribution in [0.1, 0.15) is 20.8 Å². The molecule has 0 heterocycles. The largest absolute Gasteiger partial charge is 0.465 e. The van der Waals surface area contributed by atoms with E-state index >= 15 is 0 Å². The summed E-state index contributed by atoms with van der Waals surface area (Å²) in [6, 6.07) is 0. The number of nitrogens with zero attached hydrogens (tertiary/aromatic N) is 1. The van der Waals surface area contributed by atoms with Gasteiger partial charge in [-0.15, -0.1) is 12.4 Å². The summed E-state index contributed by atoms with van der Waals surface area (Å²) in [6.07, 6.45) is 0. The first-order valence-corrected chi connectivity index (χ1v) is 4.12. The van der Waals surface area contributed by atoms with E-state index in [0.717, 1.165) is 13.1 Å². The molecule has 0 aliphatic heterocycles. The van der Waals surface area contributed by atoms with Gasteiger partial charge in [-0.05, 0) is 20.0 Å². The lowest BCUT2D eigenvalue weighted by Gasteiger charge is -2.15. The van der Waals surface area contributed by atoms with Crippen molar-refractivity contribution in [1.82, 2.24) is 4.90 Å². The third kappa shape index (κ3) is 6.43. The minimum atomic E-state index is -0.129. The lowest BCUT2D eigenvalue weighted by atomic mass is 10.5. The second kappa shape index (κ2) is 8.81. The Labute approximate surface area is 80.5 Å². The van der Waals surface area contributed by atoms with Crippen molar-refractivity contribution in [2.24, 2.45) is 0 Å². The second-order valence-corrected chi connectivity index (χ2v) is 2.27. The van der Waals surface area contributed by atoms with Gasteiger partial charge in [0, 0.05) is 0 Å². The molecule has 0 rings (SSSR count). The summed E-state index contributed by atoms with van der Waals surface area (Å²) in [5, 5.41) is 0. The van der Waals surface area contributed by atoms with Gasteiger partial charge >= 0.3 is 5.97 Å². The highest BCUT2D eigenvalue weighted by atomic mass is 35.5. The molecule has 0 aromatic heterocycles. The average molecular weight is 196 g/mol. The first kappa shape index (κ1) is 14.3. The zero-order valence-electron chi connectivity index (χ0n) is 8.00. The van der Waals surface area contributed by atoms with Crippen molar-refractivity contribution in [3.8, 4) is 0 Å². The van der Waals surface area contributed by atoms with Crippen molar-refractivity contribution >= 4 is 18.4 Å². The Hall–Kier alpha value is -0.280. The van der Waals surface area contributed by atoms with E-state index in [4.69, 9.17) is 4.74 Å². The van der Waals surface area contributed by atoms with Gasteiger partial charge in [-0.2, -0.15) is 0 Å². The van der Waals surface area contributed by atoms with Gasteiger partial charge in [0.15, 0.2) is 0 Å². The molecule has 0 atom stereocenters. The molecule has 0 bridgehead atoms. The number of carbonyl (C=O) groups is 1. The molecule has 4 heteroatoms. The zero-order valence-corrected chi connectivity index (χ0v) is 8.82. The molecule has 0 aromatic rings. The van der Waals surface area contributed by atoms with Crippen molar-refractivity contribution in [2.45, 2.75) is 20.8 Å². The number of rotatable bonds is 5. The van der Waals surface area contributed by atoms with E-state index in [0.29, 0.717) is 13.2 Å². The fourth-order valence-corrected chi connectivity index (χ4v) is 0.836. The number of halogens is 1. The van der Waals surface area contributed by atoms with Crippen LogP contribution in [-0.4, -0.2) is 37.1 Å². The van der Waals surface area contributed by atoms with Gasteiger partial charge in [-0.1, -0.05) is 13.8 Å². The summed E-state index contributed by atoms with van der Waals surface area (Å²) >= 11 is 0. The first-order valence-electron chi connectivity index (χ1n) is 4.12. The average Bonchev–Trinajstić information content (AvgIpc) is 2.01. The molecule has 0 aliphatic carbocycles. The number of esters is 1. The Balaban J connectivity index is 0. The van der Waals surface area contributed by atoms with Gasteiger partial charge in [0.1, 0.15) is 0 Å². The van der Waals surface area contributed by atoms with Crippen molar-refractivity contribution in [3.05, 3.63) is 0 Å². The van der Waals surface area contributed by atoms with Crippen LogP contribution in [0.25, 0.3) is 0 Å². The fourth-order valence-electron chi connectivity index (χ4n) is 0.836. The number of ether oxygens (including phenoxy) is 1. The van der Waals surface area contributed by atoms with E-state index in [1.54, 1.807) is 0 Å². The fraction of sp³-hybridized carbons (Fsp3) is 0.875. The highest BCUT2D eigenvalue weighted by Crippen LogP contribution is 1.88. The van der Waals surface area contributed by atoms with Crippen molar-refractivity contribution < 1.29 is 9.53 Å². The van der Waals surface area contributed by atoms with Crippen LogP contribution in [0.15, 0.2) is 0 Å². The molecule has 0 N–H and O–H groups in total. The molecular formula is C8H18ClNO2. The summed E-state index contributed by atoms with van der Waals surface area (Å²) in [6.45, 7) is 8.57. The van der Waals surface area contributed by atoms with Gasteiger partial charge in [0.05, 0.1) is 13.2 Å². The van der Waals surface area contributed by atoms with Crippen molar-refractivity contribution in [2.75, 3.05) is 26.2 Å². The van der Waals surface area contributed by atoms with Crippen LogP contribution in [0.2, 0.25) is 0 Å². The molecule has 0 saturated carbocycles. The summed E-state index contributed by atoms with van der Waals surface area (Å²) in [4.78, 5) is 12.9. The van der Waals surface area contributed by atoms with Crippen molar-refractivity contribution in [3.63, 3.8) is 0 Å². The van der Waals surface area contributed by atoms with Gasteiger partial charge in [0.25, 0.3) is 0 Å². The van der Waals surface area contributed by atoms with E-state index < -0.39 is 0 Å². The maximum Gasteiger partial charge on any atom is 0.320 e. The normalized spacial score (nSPS) is 9.33. The Morgan fingerprint density at radius 2 is 1.75 bits per heavy atom. The van der Waals surface area contributed by atoms with E-state index in [-0.39, 0.29) is 18.4 Å². The number of likely N-dealkylation sites (N-methyl/N-ethyl adjacent to an activating group) is 1. The molecule has 0 radical (unpaired) electrons. The molecule has 12 heavy (non-hydrogen) atoms. The summed E-state index contributed by atoms with van der Waals surface area (Å²) in [5.41, 5.74) is 0. The molecular weight excluding hydrogens is 178 g/mol. The van der Waals surface area contributed by atoms with Crippen LogP contribution in [0, 0.1) is 0 Å². The van der Waals surface area contributed by atoms with E-state index in [2.05, 4.69) is 0 Å². The molecule has 0 spiro atoms. The predicted octanol–water partition coefficient (Wildman–Crippen LogP) is 1.31. The first-order chi connectivity index (χ1) is 5.24. The lowest BCUT2D eigenvalue weighted by molar-refractivity contribution is -0.144. The molecule has 74 valence electrons. The third-order valence-corrected chi connectivity index (χ3v) is 1.55. The van der Waals surface area contributed by atoms with Gasteiger partial charge < -0.3 is 4.74 Å². The standard InChI is InChI=1S/C8H17NO2.ClH/c1-4-9(5-2)7-8(10)11-6-3;/h4-7H2,1-3H3;1H. The molecule has 0 aliphatic rings.